The highest BCUT2D eigenvalue weighted by Gasteiger charge is 2.33. The van der Waals surface area contributed by atoms with Gasteiger partial charge in [-0.2, -0.15) is 0 Å². The van der Waals surface area contributed by atoms with Gasteiger partial charge >= 0.3 is 0 Å². The molecule has 2 rings (SSSR count). The van der Waals surface area contributed by atoms with Crippen LogP contribution in [0.1, 0.15) is 58.3 Å². The molecule has 0 amide bonds. The van der Waals surface area contributed by atoms with E-state index in [1.807, 2.05) is 6.08 Å². The van der Waals surface area contributed by atoms with E-state index in [-0.39, 0.29) is 17.5 Å². The number of ketones is 2. The van der Waals surface area contributed by atoms with Crippen molar-refractivity contribution in [3.05, 3.63) is 11.6 Å². The molecule has 0 N–H and O–H groups in total. The average molecular weight is 234 g/mol. The Balaban J connectivity index is 2.18. The van der Waals surface area contributed by atoms with Crippen LogP contribution in [-0.4, -0.2) is 11.6 Å². The summed E-state index contributed by atoms with van der Waals surface area (Å²) in [5.41, 5.74) is 0.843. The van der Waals surface area contributed by atoms with Gasteiger partial charge in [-0.3, -0.25) is 9.59 Å². The van der Waals surface area contributed by atoms with Gasteiger partial charge < -0.3 is 0 Å². The molecule has 0 aromatic carbocycles. The van der Waals surface area contributed by atoms with Crippen molar-refractivity contribution in [1.82, 2.24) is 0 Å². The lowest BCUT2D eigenvalue weighted by molar-refractivity contribution is -0.124. The molecule has 17 heavy (non-hydrogen) atoms. The fourth-order valence-corrected chi connectivity index (χ4v) is 3.35. The van der Waals surface area contributed by atoms with Gasteiger partial charge in [0.25, 0.3) is 0 Å². The lowest BCUT2D eigenvalue weighted by atomic mass is 9.72. The van der Waals surface area contributed by atoms with Gasteiger partial charge in [0.15, 0.2) is 5.78 Å². The van der Waals surface area contributed by atoms with Crippen LogP contribution in [0.25, 0.3) is 0 Å². The first-order valence-electron chi connectivity index (χ1n) is 6.94. The summed E-state index contributed by atoms with van der Waals surface area (Å²) in [7, 11) is 0. The molecule has 2 aliphatic carbocycles. The van der Waals surface area contributed by atoms with Crippen molar-refractivity contribution in [3.63, 3.8) is 0 Å². The third-order valence-corrected chi connectivity index (χ3v) is 4.19. The van der Waals surface area contributed by atoms with Gasteiger partial charge in [-0.05, 0) is 38.5 Å². The third-order valence-electron chi connectivity index (χ3n) is 4.19. The fraction of sp³-hybridized carbons (Fsp3) is 0.733. The molecule has 2 heteroatoms. The smallest absolute Gasteiger partial charge is 0.159 e. The highest BCUT2D eigenvalue weighted by atomic mass is 16.1. The van der Waals surface area contributed by atoms with E-state index in [1.165, 1.54) is 19.3 Å². The molecule has 94 valence electrons. The Kier molecular flexibility index (Phi) is 4.14. The van der Waals surface area contributed by atoms with E-state index in [4.69, 9.17) is 0 Å². The largest absolute Gasteiger partial charge is 0.299 e. The monoisotopic (exact) mass is 234 g/mol. The third kappa shape index (κ3) is 2.85. The molecule has 0 aliphatic heterocycles. The summed E-state index contributed by atoms with van der Waals surface area (Å²) in [6.45, 7) is 1.65. The number of hydrogen-bond acceptors (Lipinski definition) is 2. The standard InChI is InChI=1S/C15H22O2/c1-11(16)15(12-7-3-2-4-8-12)13-9-5-6-10-14(13)17/h9,12,15H,2-8,10H2,1H3. The van der Waals surface area contributed by atoms with Gasteiger partial charge in [0.1, 0.15) is 5.78 Å². The van der Waals surface area contributed by atoms with Crippen molar-refractivity contribution in [2.45, 2.75) is 58.3 Å². The highest BCUT2D eigenvalue weighted by Crippen LogP contribution is 2.36. The maximum absolute atomic E-state index is 12.0. The van der Waals surface area contributed by atoms with E-state index < -0.39 is 0 Å². The van der Waals surface area contributed by atoms with Gasteiger partial charge in [0.2, 0.25) is 0 Å². The van der Waals surface area contributed by atoms with Gasteiger partial charge in [-0.1, -0.05) is 25.3 Å². The van der Waals surface area contributed by atoms with Crippen molar-refractivity contribution >= 4 is 11.6 Å². The summed E-state index contributed by atoms with van der Waals surface area (Å²) < 4.78 is 0. The van der Waals surface area contributed by atoms with Crippen molar-refractivity contribution in [2.75, 3.05) is 0 Å². The summed E-state index contributed by atoms with van der Waals surface area (Å²) >= 11 is 0. The van der Waals surface area contributed by atoms with Gasteiger partial charge in [0, 0.05) is 17.9 Å². The van der Waals surface area contributed by atoms with E-state index in [0.717, 1.165) is 31.3 Å². The van der Waals surface area contributed by atoms with Crippen LogP contribution in [0.5, 0.6) is 0 Å². The zero-order valence-electron chi connectivity index (χ0n) is 10.7. The second kappa shape index (κ2) is 5.61. The van der Waals surface area contributed by atoms with Crippen LogP contribution in [0.4, 0.5) is 0 Å². The number of carbonyl (C=O) groups is 2. The molecule has 0 spiro atoms. The molecule has 2 nitrogen and oxygen atoms in total. The lowest BCUT2D eigenvalue weighted by Crippen LogP contribution is -2.30. The molecule has 2 aliphatic rings. The van der Waals surface area contributed by atoms with Gasteiger partial charge in [-0.15, -0.1) is 0 Å². The Hall–Kier alpha value is -0.920. The molecule has 0 aromatic rings. The van der Waals surface area contributed by atoms with E-state index in [1.54, 1.807) is 6.92 Å². The first kappa shape index (κ1) is 12.5. The summed E-state index contributed by atoms with van der Waals surface area (Å²) in [5.74, 6) is 0.748. The Labute approximate surface area is 103 Å². The SMILES string of the molecule is CC(=O)C(C1=CCCCC1=O)C1CCCCC1. The Bertz CT molecular complexity index is 335. The molecule has 0 bridgehead atoms. The van der Waals surface area contributed by atoms with Crippen LogP contribution < -0.4 is 0 Å². The van der Waals surface area contributed by atoms with Crippen molar-refractivity contribution in [1.29, 1.82) is 0 Å². The molecule has 1 saturated carbocycles. The average Bonchev–Trinajstić information content (AvgIpc) is 2.33. The number of Topliss-reactive ketones (excluding diaryl/α,β-unsaturated/α-hetero) is 2. The molecule has 0 heterocycles. The summed E-state index contributed by atoms with van der Waals surface area (Å²) in [5, 5.41) is 0. The van der Waals surface area contributed by atoms with Crippen LogP contribution >= 0.6 is 0 Å². The normalized spacial score (nSPS) is 24.3. The predicted molar refractivity (Wildman–Crippen MR) is 67.7 cm³/mol. The molecule has 1 fully saturated rings. The Morgan fingerprint density at radius 2 is 1.94 bits per heavy atom. The van der Waals surface area contributed by atoms with Gasteiger partial charge in [-0.25, -0.2) is 0 Å². The van der Waals surface area contributed by atoms with E-state index in [9.17, 15) is 9.59 Å². The lowest BCUT2D eigenvalue weighted by Gasteiger charge is -2.31. The van der Waals surface area contributed by atoms with Crippen LogP contribution in [0, 0.1) is 11.8 Å². The quantitative estimate of drug-likeness (QED) is 0.749. The molecular formula is C15H22O2. The molecule has 0 radical (unpaired) electrons. The second-order valence-electron chi connectivity index (χ2n) is 5.46. The Morgan fingerprint density at radius 3 is 2.53 bits per heavy atom. The minimum absolute atomic E-state index is 0.0944. The number of carbonyl (C=O) groups excluding carboxylic acids is 2. The highest BCUT2D eigenvalue weighted by molar-refractivity contribution is 6.02. The van der Waals surface area contributed by atoms with Gasteiger partial charge in [0.05, 0.1) is 0 Å². The zero-order valence-corrected chi connectivity index (χ0v) is 10.7. The van der Waals surface area contributed by atoms with Crippen LogP contribution in [0.15, 0.2) is 11.6 Å². The molecular weight excluding hydrogens is 212 g/mol. The second-order valence-corrected chi connectivity index (χ2v) is 5.46. The molecule has 1 atom stereocenters. The maximum atomic E-state index is 12.0. The number of hydrogen-bond donors (Lipinski definition) is 0. The number of rotatable bonds is 3. The van der Waals surface area contributed by atoms with Crippen LogP contribution in [0.2, 0.25) is 0 Å². The Morgan fingerprint density at radius 1 is 1.24 bits per heavy atom. The molecule has 0 aromatic heterocycles. The van der Waals surface area contributed by atoms with Crippen molar-refractivity contribution < 1.29 is 9.59 Å². The van der Waals surface area contributed by atoms with E-state index in [0.29, 0.717) is 12.3 Å². The first-order valence-corrected chi connectivity index (χ1v) is 6.94. The van der Waals surface area contributed by atoms with Crippen molar-refractivity contribution in [2.24, 2.45) is 11.8 Å². The zero-order chi connectivity index (χ0) is 12.3. The van der Waals surface area contributed by atoms with Crippen LogP contribution in [0.3, 0.4) is 0 Å². The molecule has 0 saturated heterocycles. The first-order chi connectivity index (χ1) is 8.20. The van der Waals surface area contributed by atoms with E-state index >= 15 is 0 Å². The number of allylic oxidation sites excluding steroid dienone is 2. The van der Waals surface area contributed by atoms with Crippen molar-refractivity contribution in [3.8, 4) is 0 Å². The fourth-order valence-electron chi connectivity index (χ4n) is 3.35. The maximum Gasteiger partial charge on any atom is 0.159 e. The van der Waals surface area contributed by atoms with Crippen LogP contribution in [-0.2, 0) is 9.59 Å². The predicted octanol–water partition coefficient (Wildman–Crippen LogP) is 3.45. The molecule has 1 unspecified atom stereocenters. The minimum atomic E-state index is -0.0944. The summed E-state index contributed by atoms with van der Waals surface area (Å²) in [6.07, 6.45) is 10.6. The summed E-state index contributed by atoms with van der Waals surface area (Å²) in [4.78, 5) is 23.9. The van der Waals surface area contributed by atoms with E-state index in [2.05, 4.69) is 0 Å². The topological polar surface area (TPSA) is 34.1 Å². The summed E-state index contributed by atoms with van der Waals surface area (Å²) in [6, 6.07) is 0. The minimum Gasteiger partial charge on any atom is -0.299 e.